The molecule has 1 saturated heterocycles. The molecule has 2 heterocycles. The summed E-state index contributed by atoms with van der Waals surface area (Å²) in [5, 5.41) is 0. The van der Waals surface area contributed by atoms with Crippen molar-refractivity contribution in [3.05, 3.63) is 23.8 Å². The van der Waals surface area contributed by atoms with Gasteiger partial charge in [-0.3, -0.25) is 0 Å². The van der Waals surface area contributed by atoms with Gasteiger partial charge in [-0.15, -0.1) is 17.0 Å². The molecule has 1 aliphatic heterocycles. The van der Waals surface area contributed by atoms with E-state index in [0.29, 0.717) is 0 Å². The highest BCUT2D eigenvalue weighted by Crippen LogP contribution is 2.23. The molecule has 1 fully saturated rings. The molecule has 0 spiro atoms. The number of halogens is 1. The number of aromatic nitrogens is 1. The average Bonchev–Trinajstić information content (AvgIpc) is 2.72. The number of piperazine rings is 1. The SMILES string of the molecule is Br.Cc1ccc2nc(N3CCN(C)CC3)oc2c1. The smallest absolute Gasteiger partial charge is 0.298 e. The molecule has 0 N–H and O–H groups in total. The molecule has 0 radical (unpaired) electrons. The van der Waals surface area contributed by atoms with Gasteiger partial charge in [0.1, 0.15) is 5.52 Å². The molecule has 98 valence electrons. The molecular weight excluding hydrogens is 294 g/mol. The van der Waals surface area contributed by atoms with Gasteiger partial charge < -0.3 is 14.2 Å². The Balaban J connectivity index is 0.00000120. The van der Waals surface area contributed by atoms with E-state index in [1.165, 1.54) is 5.56 Å². The fraction of sp³-hybridized carbons (Fsp3) is 0.462. The van der Waals surface area contributed by atoms with Crippen LogP contribution >= 0.6 is 17.0 Å². The molecule has 0 bridgehead atoms. The number of oxazole rings is 1. The largest absolute Gasteiger partial charge is 0.423 e. The topological polar surface area (TPSA) is 32.5 Å². The summed E-state index contributed by atoms with van der Waals surface area (Å²) in [6.45, 7) is 6.18. The van der Waals surface area contributed by atoms with Crippen LogP contribution < -0.4 is 4.90 Å². The Kier molecular flexibility index (Phi) is 3.92. The van der Waals surface area contributed by atoms with Crippen LogP contribution in [0.2, 0.25) is 0 Å². The summed E-state index contributed by atoms with van der Waals surface area (Å²) in [4.78, 5) is 9.08. The number of anilines is 1. The van der Waals surface area contributed by atoms with Crippen molar-refractivity contribution in [1.82, 2.24) is 9.88 Å². The van der Waals surface area contributed by atoms with Crippen molar-refractivity contribution in [1.29, 1.82) is 0 Å². The predicted octanol–water partition coefficient (Wildman–Crippen LogP) is 2.47. The lowest BCUT2D eigenvalue weighted by molar-refractivity contribution is 0.305. The van der Waals surface area contributed by atoms with E-state index in [9.17, 15) is 0 Å². The van der Waals surface area contributed by atoms with Crippen LogP contribution in [0.5, 0.6) is 0 Å². The quantitative estimate of drug-likeness (QED) is 0.810. The molecular formula is C13H18BrN3O. The van der Waals surface area contributed by atoms with E-state index >= 15 is 0 Å². The van der Waals surface area contributed by atoms with Crippen LogP contribution in [0.15, 0.2) is 22.6 Å². The second-order valence-electron chi connectivity index (χ2n) is 4.76. The molecule has 0 saturated carbocycles. The Bertz CT molecular complexity index is 532. The lowest BCUT2D eigenvalue weighted by Gasteiger charge is -2.31. The fourth-order valence-electron chi connectivity index (χ4n) is 2.15. The lowest BCUT2D eigenvalue weighted by Crippen LogP contribution is -2.44. The highest BCUT2D eigenvalue weighted by molar-refractivity contribution is 8.93. The minimum absolute atomic E-state index is 0. The first-order chi connectivity index (χ1) is 8.22. The zero-order chi connectivity index (χ0) is 11.8. The minimum atomic E-state index is 0. The summed E-state index contributed by atoms with van der Waals surface area (Å²) in [7, 11) is 2.15. The van der Waals surface area contributed by atoms with Gasteiger partial charge in [-0.25, -0.2) is 0 Å². The predicted molar refractivity (Wildman–Crippen MR) is 78.8 cm³/mol. The zero-order valence-corrected chi connectivity index (χ0v) is 12.4. The van der Waals surface area contributed by atoms with Crippen molar-refractivity contribution >= 4 is 34.1 Å². The van der Waals surface area contributed by atoms with Gasteiger partial charge in [0.15, 0.2) is 5.58 Å². The maximum Gasteiger partial charge on any atom is 0.298 e. The molecule has 0 unspecified atom stereocenters. The van der Waals surface area contributed by atoms with E-state index in [2.05, 4.69) is 34.8 Å². The summed E-state index contributed by atoms with van der Waals surface area (Å²) in [6.07, 6.45) is 0. The first kappa shape index (κ1) is 13.4. The number of fused-ring (bicyclic) bond motifs is 1. The summed E-state index contributed by atoms with van der Waals surface area (Å²) in [5.74, 6) is 0. The monoisotopic (exact) mass is 311 g/mol. The second-order valence-corrected chi connectivity index (χ2v) is 4.76. The van der Waals surface area contributed by atoms with Crippen molar-refractivity contribution in [3.63, 3.8) is 0 Å². The standard InChI is InChI=1S/C13H17N3O.BrH/c1-10-3-4-11-12(9-10)17-13(14-11)16-7-5-15(2)6-8-16;/h3-4,9H,5-8H2,1-2H3;1H. The molecule has 0 aliphatic carbocycles. The van der Waals surface area contributed by atoms with Crippen molar-refractivity contribution in [2.45, 2.75) is 6.92 Å². The Hall–Kier alpha value is -1.07. The van der Waals surface area contributed by atoms with Gasteiger partial charge in [0.2, 0.25) is 0 Å². The van der Waals surface area contributed by atoms with Gasteiger partial charge >= 0.3 is 0 Å². The third-order valence-corrected chi connectivity index (χ3v) is 3.31. The number of nitrogens with zero attached hydrogens (tertiary/aromatic N) is 3. The molecule has 0 amide bonds. The Morgan fingerprint density at radius 2 is 1.89 bits per heavy atom. The third-order valence-electron chi connectivity index (χ3n) is 3.31. The third kappa shape index (κ3) is 2.52. The van der Waals surface area contributed by atoms with Crippen LogP contribution in [-0.2, 0) is 0 Å². The number of rotatable bonds is 1. The van der Waals surface area contributed by atoms with Crippen molar-refractivity contribution in [2.75, 3.05) is 38.1 Å². The number of likely N-dealkylation sites (N-methyl/N-ethyl adjacent to an activating group) is 1. The van der Waals surface area contributed by atoms with E-state index in [1.54, 1.807) is 0 Å². The maximum atomic E-state index is 5.82. The zero-order valence-electron chi connectivity index (χ0n) is 10.7. The van der Waals surface area contributed by atoms with Crippen molar-refractivity contribution in [2.24, 2.45) is 0 Å². The molecule has 1 aliphatic rings. The first-order valence-electron chi connectivity index (χ1n) is 6.03. The van der Waals surface area contributed by atoms with Gasteiger partial charge in [-0.05, 0) is 31.7 Å². The normalized spacial score (nSPS) is 16.9. The van der Waals surface area contributed by atoms with E-state index < -0.39 is 0 Å². The Labute approximate surface area is 117 Å². The number of hydrogen-bond donors (Lipinski definition) is 0. The van der Waals surface area contributed by atoms with Crippen LogP contribution in [0.3, 0.4) is 0 Å². The van der Waals surface area contributed by atoms with Crippen LogP contribution in [-0.4, -0.2) is 43.1 Å². The van der Waals surface area contributed by atoms with Gasteiger partial charge in [0, 0.05) is 26.2 Å². The molecule has 1 aromatic heterocycles. The number of aryl methyl sites for hydroxylation is 1. The molecule has 1 aromatic carbocycles. The summed E-state index contributed by atoms with van der Waals surface area (Å²) < 4.78 is 5.82. The second kappa shape index (κ2) is 5.28. The highest BCUT2D eigenvalue weighted by Gasteiger charge is 2.18. The molecule has 2 aromatic rings. The fourth-order valence-corrected chi connectivity index (χ4v) is 2.15. The molecule has 18 heavy (non-hydrogen) atoms. The molecule has 3 rings (SSSR count). The van der Waals surface area contributed by atoms with Crippen molar-refractivity contribution < 1.29 is 4.42 Å². The minimum Gasteiger partial charge on any atom is -0.423 e. The Morgan fingerprint density at radius 1 is 1.17 bits per heavy atom. The maximum absolute atomic E-state index is 5.82. The molecule has 0 atom stereocenters. The number of benzene rings is 1. The van der Waals surface area contributed by atoms with E-state index in [0.717, 1.165) is 43.3 Å². The highest BCUT2D eigenvalue weighted by atomic mass is 79.9. The summed E-state index contributed by atoms with van der Waals surface area (Å²) in [5.41, 5.74) is 3.04. The van der Waals surface area contributed by atoms with E-state index in [1.807, 2.05) is 12.1 Å². The van der Waals surface area contributed by atoms with Gasteiger partial charge in [0.25, 0.3) is 6.01 Å². The average molecular weight is 312 g/mol. The van der Waals surface area contributed by atoms with Gasteiger partial charge in [-0.1, -0.05) is 6.07 Å². The summed E-state index contributed by atoms with van der Waals surface area (Å²) >= 11 is 0. The van der Waals surface area contributed by atoms with E-state index in [4.69, 9.17) is 4.42 Å². The lowest BCUT2D eigenvalue weighted by atomic mass is 10.2. The van der Waals surface area contributed by atoms with E-state index in [-0.39, 0.29) is 17.0 Å². The Morgan fingerprint density at radius 3 is 2.61 bits per heavy atom. The van der Waals surface area contributed by atoms with Crippen LogP contribution in [0.4, 0.5) is 6.01 Å². The van der Waals surface area contributed by atoms with Crippen molar-refractivity contribution in [3.8, 4) is 0 Å². The van der Waals surface area contributed by atoms with Crippen LogP contribution in [0.25, 0.3) is 11.1 Å². The van der Waals surface area contributed by atoms with Crippen LogP contribution in [0, 0.1) is 6.92 Å². The molecule has 4 nitrogen and oxygen atoms in total. The summed E-state index contributed by atoms with van der Waals surface area (Å²) in [6, 6.07) is 6.90. The number of hydrogen-bond acceptors (Lipinski definition) is 4. The van der Waals surface area contributed by atoms with Gasteiger partial charge in [-0.2, -0.15) is 4.98 Å². The molecule has 5 heteroatoms. The van der Waals surface area contributed by atoms with Gasteiger partial charge in [0.05, 0.1) is 0 Å². The first-order valence-corrected chi connectivity index (χ1v) is 6.03. The van der Waals surface area contributed by atoms with Crippen LogP contribution in [0.1, 0.15) is 5.56 Å².